The van der Waals surface area contributed by atoms with Crippen molar-refractivity contribution in [2.24, 2.45) is 0 Å². The number of hydrogen-bond donors (Lipinski definition) is 0. The molecule has 0 bridgehead atoms. The first kappa shape index (κ1) is 27.4. The van der Waals surface area contributed by atoms with Gasteiger partial charge in [0, 0.05) is 38.2 Å². The van der Waals surface area contributed by atoms with E-state index in [0.717, 1.165) is 82.8 Å². The van der Waals surface area contributed by atoms with Crippen molar-refractivity contribution < 1.29 is 8.83 Å². The summed E-state index contributed by atoms with van der Waals surface area (Å²) >= 11 is 0. The number of para-hydroxylation sites is 1. The first-order valence-electron chi connectivity index (χ1n) is 15.7. The molecule has 7 aromatic carbocycles. The Balaban J connectivity index is 1.29. The van der Waals surface area contributed by atoms with E-state index in [-0.39, 0.29) is 0 Å². The van der Waals surface area contributed by atoms with Crippen LogP contribution in [0.25, 0.3) is 88.4 Å². The van der Waals surface area contributed by atoms with Crippen LogP contribution in [0.5, 0.6) is 0 Å². The molecule has 0 atom stereocenters. The van der Waals surface area contributed by atoms with Gasteiger partial charge in [0.25, 0.3) is 0 Å². The third-order valence-electron chi connectivity index (χ3n) is 9.18. The number of furan rings is 2. The molecule has 0 spiro atoms. The van der Waals surface area contributed by atoms with Crippen molar-refractivity contribution in [2.45, 2.75) is 0 Å². The van der Waals surface area contributed by atoms with Crippen LogP contribution in [0.1, 0.15) is 11.1 Å². The predicted molar refractivity (Wildman–Crippen MR) is 192 cm³/mol. The van der Waals surface area contributed by atoms with Crippen LogP contribution in [0, 0.1) is 22.7 Å². The molecule has 0 aliphatic heterocycles. The zero-order chi connectivity index (χ0) is 32.2. The highest BCUT2D eigenvalue weighted by atomic mass is 16.3. The second-order valence-electron chi connectivity index (χ2n) is 11.9. The van der Waals surface area contributed by atoms with Crippen molar-refractivity contribution >= 4 is 43.9 Å². The van der Waals surface area contributed by atoms with E-state index in [0.29, 0.717) is 16.7 Å². The molecule has 9 aromatic rings. The van der Waals surface area contributed by atoms with Crippen molar-refractivity contribution in [3.05, 3.63) is 157 Å². The highest BCUT2D eigenvalue weighted by Gasteiger charge is 2.20. The number of nitrogens with zero attached hydrogens (tertiary/aromatic N) is 2. The van der Waals surface area contributed by atoms with Crippen molar-refractivity contribution in [2.75, 3.05) is 0 Å². The molecule has 0 saturated heterocycles. The van der Waals surface area contributed by atoms with Gasteiger partial charge in [0.05, 0.1) is 17.2 Å². The molecule has 0 radical (unpaired) electrons. The van der Waals surface area contributed by atoms with Gasteiger partial charge in [0.1, 0.15) is 28.4 Å². The minimum absolute atomic E-state index is 0.585. The molecule has 2 aromatic heterocycles. The maximum atomic E-state index is 10.5. The summed E-state index contributed by atoms with van der Waals surface area (Å²) in [5.74, 6) is 0. The number of benzene rings is 7. The summed E-state index contributed by atoms with van der Waals surface area (Å²) in [6.07, 6.45) is 0. The third kappa shape index (κ3) is 4.22. The van der Waals surface area contributed by atoms with Crippen LogP contribution in [-0.4, -0.2) is 0 Å². The molecule has 0 unspecified atom stereocenters. The molecular weight excluding hydrogens is 588 g/mol. The van der Waals surface area contributed by atoms with Crippen LogP contribution in [-0.2, 0) is 0 Å². The molecule has 0 amide bonds. The number of hydrogen-bond acceptors (Lipinski definition) is 4. The number of nitriles is 2. The first-order chi connectivity index (χ1) is 23.7. The Morgan fingerprint density at radius 1 is 0.396 bits per heavy atom. The van der Waals surface area contributed by atoms with E-state index in [4.69, 9.17) is 8.83 Å². The van der Waals surface area contributed by atoms with Gasteiger partial charge in [-0.3, -0.25) is 0 Å². The van der Waals surface area contributed by atoms with Gasteiger partial charge in [-0.1, -0.05) is 103 Å². The molecule has 0 N–H and O–H groups in total. The lowest BCUT2D eigenvalue weighted by atomic mass is 9.87. The second kappa shape index (κ2) is 10.9. The summed E-state index contributed by atoms with van der Waals surface area (Å²) in [7, 11) is 0. The Kier molecular flexibility index (Phi) is 6.22. The average Bonchev–Trinajstić information content (AvgIpc) is 3.73. The normalized spacial score (nSPS) is 11.3. The van der Waals surface area contributed by atoms with Gasteiger partial charge in [-0.15, -0.1) is 0 Å². The van der Waals surface area contributed by atoms with Crippen LogP contribution < -0.4 is 0 Å². The fourth-order valence-electron chi connectivity index (χ4n) is 7.01. The lowest BCUT2D eigenvalue weighted by molar-refractivity contribution is 0.668. The van der Waals surface area contributed by atoms with Crippen LogP contribution in [0.4, 0.5) is 0 Å². The van der Waals surface area contributed by atoms with Gasteiger partial charge >= 0.3 is 0 Å². The van der Waals surface area contributed by atoms with E-state index >= 15 is 0 Å². The van der Waals surface area contributed by atoms with Gasteiger partial charge < -0.3 is 8.83 Å². The Morgan fingerprint density at radius 2 is 1.04 bits per heavy atom. The average molecular weight is 613 g/mol. The molecule has 4 heteroatoms. The topological polar surface area (TPSA) is 73.9 Å². The second-order valence-corrected chi connectivity index (χ2v) is 11.9. The van der Waals surface area contributed by atoms with Crippen molar-refractivity contribution in [1.29, 1.82) is 10.5 Å². The van der Waals surface area contributed by atoms with Crippen LogP contribution in [0.3, 0.4) is 0 Å². The predicted octanol–water partition coefficient (Wildman–Crippen LogP) is 11.9. The minimum Gasteiger partial charge on any atom is -0.456 e. The molecule has 0 aliphatic carbocycles. The summed E-state index contributed by atoms with van der Waals surface area (Å²) in [5.41, 5.74) is 11.9. The summed E-state index contributed by atoms with van der Waals surface area (Å²) in [6.45, 7) is 0. The molecule has 0 fully saturated rings. The fraction of sp³-hybridized carbons (Fsp3) is 0. The summed E-state index contributed by atoms with van der Waals surface area (Å²) in [4.78, 5) is 0. The van der Waals surface area contributed by atoms with E-state index in [1.807, 2.05) is 78.9 Å². The maximum absolute atomic E-state index is 10.5. The Morgan fingerprint density at radius 3 is 1.73 bits per heavy atom. The highest BCUT2D eigenvalue weighted by Crippen LogP contribution is 2.44. The lowest BCUT2D eigenvalue weighted by Gasteiger charge is -2.15. The monoisotopic (exact) mass is 612 g/mol. The van der Waals surface area contributed by atoms with Crippen molar-refractivity contribution in [1.82, 2.24) is 0 Å². The summed E-state index contributed by atoms with van der Waals surface area (Å²) < 4.78 is 12.8. The zero-order valence-corrected chi connectivity index (χ0v) is 25.6. The SMILES string of the molecule is N#Cc1c(-c2ccccc2)cc(-c2cccc3oc4c(-c5ccc6oc7cccc(C#N)c7c6c5)cccc4c23)cc1-c1ccccc1. The lowest BCUT2D eigenvalue weighted by Crippen LogP contribution is -1.93. The molecule has 9 rings (SSSR count). The van der Waals surface area contributed by atoms with Gasteiger partial charge in [-0.25, -0.2) is 0 Å². The van der Waals surface area contributed by atoms with E-state index in [2.05, 4.69) is 78.9 Å². The minimum atomic E-state index is 0.585. The largest absolute Gasteiger partial charge is 0.456 e. The van der Waals surface area contributed by atoms with Crippen molar-refractivity contribution in [3.63, 3.8) is 0 Å². The third-order valence-corrected chi connectivity index (χ3v) is 9.18. The molecule has 0 saturated carbocycles. The van der Waals surface area contributed by atoms with Gasteiger partial charge in [0.2, 0.25) is 0 Å². The first-order valence-corrected chi connectivity index (χ1v) is 15.7. The van der Waals surface area contributed by atoms with Crippen LogP contribution >= 0.6 is 0 Å². The van der Waals surface area contributed by atoms with Gasteiger partial charge in [0.15, 0.2) is 0 Å². The summed E-state index contributed by atoms with van der Waals surface area (Å²) in [6, 6.07) is 53.3. The number of rotatable bonds is 4. The molecule has 2 heterocycles. The highest BCUT2D eigenvalue weighted by molar-refractivity contribution is 6.16. The van der Waals surface area contributed by atoms with E-state index in [1.54, 1.807) is 0 Å². The molecular formula is C44H24N2O2. The molecule has 222 valence electrons. The van der Waals surface area contributed by atoms with Crippen LogP contribution in [0.2, 0.25) is 0 Å². The van der Waals surface area contributed by atoms with Gasteiger partial charge in [-0.2, -0.15) is 10.5 Å². The van der Waals surface area contributed by atoms with Crippen LogP contribution in [0.15, 0.2) is 154 Å². The zero-order valence-electron chi connectivity index (χ0n) is 25.6. The van der Waals surface area contributed by atoms with E-state index < -0.39 is 0 Å². The Bertz CT molecular complexity index is 2730. The molecule has 0 aliphatic rings. The standard InChI is InChI=1S/C44H24N2O2/c45-25-30-14-7-18-40-42(30)37-22-29(20-21-39(37)47-40)33-16-8-17-34-43-32(15-9-19-41(43)48-44(33)34)31-23-35(27-10-3-1-4-11-27)38(26-46)36(24-31)28-12-5-2-6-13-28/h1-24H. The van der Waals surface area contributed by atoms with Crippen molar-refractivity contribution in [3.8, 4) is 56.6 Å². The Labute approximate surface area is 275 Å². The fourth-order valence-corrected chi connectivity index (χ4v) is 7.01. The quantitative estimate of drug-likeness (QED) is 0.198. The maximum Gasteiger partial charge on any atom is 0.143 e. The molecule has 48 heavy (non-hydrogen) atoms. The van der Waals surface area contributed by atoms with E-state index in [1.165, 1.54) is 0 Å². The van der Waals surface area contributed by atoms with E-state index in [9.17, 15) is 10.5 Å². The Hall–Kier alpha value is -6.88. The van der Waals surface area contributed by atoms with Gasteiger partial charge in [-0.05, 0) is 70.3 Å². The number of fused-ring (bicyclic) bond motifs is 6. The molecule has 4 nitrogen and oxygen atoms in total. The summed E-state index contributed by atoms with van der Waals surface area (Å²) in [5, 5.41) is 24.0. The smallest absolute Gasteiger partial charge is 0.143 e.